The molecule has 0 aromatic heterocycles. The molecule has 38 heavy (non-hydrogen) atoms. The summed E-state index contributed by atoms with van der Waals surface area (Å²) in [6.45, 7) is 0.812. The number of alkyl halides is 3. The Balaban J connectivity index is 0.00000118. The standard InChI is InChI=1S/C22H18ClF3N4O3S.C2H7NS/c1-11(27)15-6-12(7-18-20(32)30(10-19(28)31)21(33)34-18)2-5-17(15)29-9-13-3-4-14(23)8-16(13)22(24,25)26;1-3(2)4/h2-8,27,29H,9-10H2,1H3,(H2,28,31);4H,1-2H3/b18-7-,27-11?;. The maximum Gasteiger partial charge on any atom is 0.416 e. The summed E-state index contributed by atoms with van der Waals surface area (Å²) in [5, 5.41) is 10.3. The summed E-state index contributed by atoms with van der Waals surface area (Å²) in [7, 11) is 3.73. The first kappa shape index (κ1) is 31.2. The highest BCUT2D eigenvalue weighted by molar-refractivity contribution is 8.18. The van der Waals surface area contributed by atoms with Crippen LogP contribution in [0.25, 0.3) is 6.08 Å². The number of hydrogen-bond acceptors (Lipinski definition) is 8. The molecule has 0 bridgehead atoms. The first-order valence-electron chi connectivity index (χ1n) is 10.8. The SMILES string of the molecule is CC(=N)c1cc(/C=C2\SC(=O)N(CC(N)=O)C2=O)ccc1NCc1ccc(Cl)cc1C(F)(F)F.CN(C)S. The number of hydrogen-bond donors (Lipinski definition) is 4. The number of carbonyl (C=O) groups excluding carboxylic acids is 3. The van der Waals surface area contributed by atoms with Gasteiger partial charge in [0, 0.05) is 28.5 Å². The smallest absolute Gasteiger partial charge is 0.380 e. The summed E-state index contributed by atoms with van der Waals surface area (Å²) in [5.41, 5.74) is 5.61. The van der Waals surface area contributed by atoms with E-state index in [1.807, 2.05) is 14.1 Å². The number of nitrogens with zero attached hydrogens (tertiary/aromatic N) is 2. The van der Waals surface area contributed by atoms with E-state index >= 15 is 0 Å². The summed E-state index contributed by atoms with van der Waals surface area (Å²) < 4.78 is 41.8. The van der Waals surface area contributed by atoms with Crippen molar-refractivity contribution in [2.75, 3.05) is 26.0 Å². The largest absolute Gasteiger partial charge is 0.416 e. The fourth-order valence-corrected chi connectivity index (χ4v) is 4.23. The van der Waals surface area contributed by atoms with Gasteiger partial charge in [-0.15, -0.1) is 0 Å². The van der Waals surface area contributed by atoms with Gasteiger partial charge in [0.15, 0.2) is 0 Å². The van der Waals surface area contributed by atoms with E-state index < -0.39 is 35.3 Å². The average Bonchev–Trinajstić information content (AvgIpc) is 3.04. The van der Waals surface area contributed by atoms with E-state index in [4.69, 9.17) is 22.7 Å². The maximum absolute atomic E-state index is 13.4. The van der Waals surface area contributed by atoms with E-state index in [0.717, 1.165) is 11.0 Å². The molecular formula is C24H25ClF3N5O3S2. The molecule has 1 aliphatic rings. The zero-order valence-electron chi connectivity index (χ0n) is 20.5. The molecule has 1 fully saturated rings. The van der Waals surface area contributed by atoms with Gasteiger partial charge in [-0.1, -0.05) is 36.5 Å². The van der Waals surface area contributed by atoms with Gasteiger partial charge in [0.1, 0.15) is 6.54 Å². The molecule has 0 aliphatic carbocycles. The lowest BCUT2D eigenvalue weighted by molar-refractivity contribution is -0.138. The Hall–Kier alpha value is -3.00. The Morgan fingerprint density at radius 3 is 2.42 bits per heavy atom. The number of thiol groups is 1. The van der Waals surface area contributed by atoms with E-state index in [0.29, 0.717) is 28.6 Å². The third-order valence-corrected chi connectivity index (χ3v) is 5.92. The van der Waals surface area contributed by atoms with Crippen molar-refractivity contribution in [2.45, 2.75) is 19.6 Å². The Kier molecular flexibility index (Phi) is 10.8. The fraction of sp³-hybridized carbons (Fsp3) is 0.250. The van der Waals surface area contributed by atoms with Crippen LogP contribution < -0.4 is 11.1 Å². The topological polar surface area (TPSA) is 120 Å². The van der Waals surface area contributed by atoms with Crippen molar-refractivity contribution in [3.63, 3.8) is 0 Å². The van der Waals surface area contributed by atoms with Gasteiger partial charge >= 0.3 is 6.18 Å². The molecule has 1 saturated heterocycles. The maximum atomic E-state index is 13.4. The van der Waals surface area contributed by atoms with Crippen LogP contribution in [0.4, 0.5) is 23.7 Å². The normalized spacial score (nSPS) is 14.6. The Morgan fingerprint density at radius 1 is 1.24 bits per heavy atom. The van der Waals surface area contributed by atoms with Crippen LogP contribution in [-0.2, 0) is 22.3 Å². The number of thioether (sulfide) groups is 1. The lowest BCUT2D eigenvalue weighted by atomic mass is 10.0. The van der Waals surface area contributed by atoms with Gasteiger partial charge in [-0.3, -0.25) is 23.6 Å². The number of primary amides is 1. The molecule has 14 heteroatoms. The van der Waals surface area contributed by atoms with Crippen molar-refractivity contribution in [1.82, 2.24) is 9.21 Å². The quantitative estimate of drug-likeness (QED) is 0.199. The van der Waals surface area contributed by atoms with Gasteiger partial charge in [0.05, 0.1) is 10.5 Å². The highest BCUT2D eigenvalue weighted by Gasteiger charge is 2.36. The lowest BCUT2D eigenvalue weighted by Crippen LogP contribution is -2.36. The molecule has 4 N–H and O–H groups in total. The van der Waals surface area contributed by atoms with Crippen LogP contribution in [0.2, 0.25) is 5.02 Å². The third kappa shape index (κ3) is 8.79. The molecular weight excluding hydrogens is 563 g/mol. The second-order valence-corrected chi connectivity index (χ2v) is 10.4. The predicted molar refractivity (Wildman–Crippen MR) is 147 cm³/mol. The zero-order chi connectivity index (χ0) is 28.8. The van der Waals surface area contributed by atoms with Crippen molar-refractivity contribution in [2.24, 2.45) is 5.73 Å². The molecule has 0 spiro atoms. The summed E-state index contributed by atoms with van der Waals surface area (Å²) in [6, 6.07) is 8.23. The fourth-order valence-electron chi connectivity index (χ4n) is 3.22. The predicted octanol–water partition coefficient (Wildman–Crippen LogP) is 5.27. The first-order chi connectivity index (χ1) is 17.6. The van der Waals surface area contributed by atoms with Crippen LogP contribution in [0, 0.1) is 5.41 Å². The molecule has 2 aromatic carbocycles. The molecule has 1 heterocycles. The number of anilines is 1. The third-order valence-electron chi connectivity index (χ3n) is 4.78. The number of halogens is 4. The van der Waals surface area contributed by atoms with Crippen molar-refractivity contribution in [1.29, 1.82) is 5.41 Å². The number of benzene rings is 2. The summed E-state index contributed by atoms with van der Waals surface area (Å²) >= 11 is 10.2. The number of nitrogens with one attached hydrogen (secondary N) is 2. The molecule has 1 aliphatic heterocycles. The zero-order valence-corrected chi connectivity index (χ0v) is 23.0. The number of amides is 3. The minimum atomic E-state index is -4.58. The average molecular weight is 588 g/mol. The number of imide groups is 1. The highest BCUT2D eigenvalue weighted by atomic mass is 35.5. The second-order valence-electron chi connectivity index (χ2n) is 8.16. The number of nitrogens with two attached hydrogens (primary N) is 1. The van der Waals surface area contributed by atoms with E-state index in [9.17, 15) is 27.6 Å². The Labute approximate surface area is 232 Å². The summed E-state index contributed by atoms with van der Waals surface area (Å²) in [4.78, 5) is 36.3. The monoisotopic (exact) mass is 587 g/mol. The molecule has 3 amide bonds. The van der Waals surface area contributed by atoms with Gasteiger partial charge in [-0.25, -0.2) is 0 Å². The molecule has 0 radical (unpaired) electrons. The summed E-state index contributed by atoms with van der Waals surface area (Å²) in [5.74, 6) is -1.48. The number of rotatable bonds is 7. The van der Waals surface area contributed by atoms with Crippen molar-refractivity contribution in [3.05, 3.63) is 68.6 Å². The van der Waals surface area contributed by atoms with Crippen LogP contribution in [0.3, 0.4) is 0 Å². The van der Waals surface area contributed by atoms with Crippen LogP contribution in [-0.4, -0.2) is 52.6 Å². The lowest BCUT2D eigenvalue weighted by Gasteiger charge is -2.16. The van der Waals surface area contributed by atoms with Gasteiger partial charge < -0.3 is 16.5 Å². The van der Waals surface area contributed by atoms with Gasteiger partial charge in [0.2, 0.25) is 5.91 Å². The van der Waals surface area contributed by atoms with E-state index in [2.05, 4.69) is 18.1 Å². The molecule has 0 saturated carbocycles. The molecule has 0 unspecified atom stereocenters. The van der Waals surface area contributed by atoms with Gasteiger partial charge in [-0.05, 0) is 74.2 Å². The molecule has 3 rings (SSSR count). The first-order valence-corrected chi connectivity index (χ1v) is 12.4. The second kappa shape index (κ2) is 13.2. The van der Waals surface area contributed by atoms with Crippen LogP contribution >= 0.6 is 36.2 Å². The Bertz CT molecular complexity index is 1280. The van der Waals surface area contributed by atoms with E-state index in [1.54, 1.807) is 22.5 Å². The van der Waals surface area contributed by atoms with Crippen molar-refractivity contribution in [3.8, 4) is 0 Å². The highest BCUT2D eigenvalue weighted by Crippen LogP contribution is 2.35. The van der Waals surface area contributed by atoms with Gasteiger partial charge in [-0.2, -0.15) is 13.2 Å². The van der Waals surface area contributed by atoms with Crippen LogP contribution in [0.15, 0.2) is 41.3 Å². The Morgan fingerprint density at radius 2 is 1.87 bits per heavy atom. The minimum absolute atomic E-state index is 0.0160. The van der Waals surface area contributed by atoms with E-state index in [-0.39, 0.29) is 27.7 Å². The number of carbonyl (C=O) groups is 3. The van der Waals surface area contributed by atoms with Crippen LogP contribution in [0.5, 0.6) is 0 Å². The summed E-state index contributed by atoms with van der Waals surface area (Å²) in [6.07, 6.45) is -3.15. The molecule has 0 atom stereocenters. The van der Waals surface area contributed by atoms with Gasteiger partial charge in [0.25, 0.3) is 11.1 Å². The molecule has 2 aromatic rings. The van der Waals surface area contributed by atoms with Crippen molar-refractivity contribution >= 4 is 70.7 Å². The van der Waals surface area contributed by atoms with Crippen molar-refractivity contribution < 1.29 is 27.6 Å². The van der Waals surface area contributed by atoms with Crippen LogP contribution in [0.1, 0.15) is 29.2 Å². The van der Waals surface area contributed by atoms with E-state index in [1.165, 1.54) is 25.1 Å². The molecule has 204 valence electrons. The molecule has 8 nitrogen and oxygen atoms in total. The minimum Gasteiger partial charge on any atom is -0.380 e.